The summed E-state index contributed by atoms with van der Waals surface area (Å²) >= 11 is 7.74. The van der Waals surface area contributed by atoms with Gasteiger partial charge in [0.05, 0.1) is 27.8 Å². The molecule has 10 nitrogen and oxygen atoms in total. The number of fused-ring (bicyclic) bond motifs is 2. The van der Waals surface area contributed by atoms with E-state index in [-0.39, 0.29) is 62.0 Å². The van der Waals surface area contributed by atoms with E-state index in [1.165, 1.54) is 12.1 Å². The number of hydrogen-bond acceptors (Lipinski definition) is 10. The predicted molar refractivity (Wildman–Crippen MR) is 161 cm³/mol. The summed E-state index contributed by atoms with van der Waals surface area (Å²) in [5.41, 5.74) is 12.0. The summed E-state index contributed by atoms with van der Waals surface area (Å²) in [4.78, 5) is 31.5. The Balaban J connectivity index is 1.48. The Kier molecular flexibility index (Phi) is 7.77. The predicted octanol–water partition coefficient (Wildman–Crippen LogP) is 3.89. The van der Waals surface area contributed by atoms with Gasteiger partial charge in [0.25, 0.3) is 0 Å². The van der Waals surface area contributed by atoms with Gasteiger partial charge >= 0.3 is 6.01 Å². The number of carbonyl (C=O) groups is 1. The lowest BCUT2D eigenvalue weighted by Crippen LogP contribution is -2.62. The molecule has 42 heavy (non-hydrogen) atoms. The van der Waals surface area contributed by atoms with Gasteiger partial charge in [-0.3, -0.25) is 4.79 Å². The SMILES string of the molecule is CCN(c1nc(OCC2CCCN2C)nc2c(F)c(-c3ccc(F)c4sc(N)nc34)c(Cl)cc12)C1CN(C(=O)CN)C1. The van der Waals surface area contributed by atoms with E-state index in [1.807, 2.05) is 18.9 Å². The summed E-state index contributed by atoms with van der Waals surface area (Å²) in [5, 5.41) is 0.649. The number of nitrogen functional groups attached to an aromatic ring is 1. The van der Waals surface area contributed by atoms with Crippen molar-refractivity contribution in [2.75, 3.05) is 57.0 Å². The third-order valence-corrected chi connectivity index (χ3v) is 9.33. The van der Waals surface area contributed by atoms with Crippen LogP contribution in [0.15, 0.2) is 18.2 Å². The molecule has 0 bridgehead atoms. The quantitative estimate of drug-likeness (QED) is 0.303. The molecule has 2 fully saturated rings. The second-order valence-corrected chi connectivity index (χ2v) is 12.1. The highest BCUT2D eigenvalue weighted by Crippen LogP contribution is 2.43. The van der Waals surface area contributed by atoms with Crippen molar-refractivity contribution in [3.63, 3.8) is 0 Å². The molecule has 6 rings (SSSR count). The Morgan fingerprint density at radius 1 is 1.24 bits per heavy atom. The number of nitrogens with zero attached hydrogens (tertiary/aromatic N) is 6. The second kappa shape index (κ2) is 11.4. The van der Waals surface area contributed by atoms with Gasteiger partial charge in [-0.15, -0.1) is 0 Å². The molecule has 14 heteroatoms. The van der Waals surface area contributed by atoms with E-state index < -0.39 is 11.6 Å². The van der Waals surface area contributed by atoms with Crippen LogP contribution < -0.4 is 21.1 Å². The molecule has 1 amide bonds. The Morgan fingerprint density at radius 3 is 2.71 bits per heavy atom. The van der Waals surface area contributed by atoms with Crippen LogP contribution in [0, 0.1) is 11.6 Å². The number of likely N-dealkylation sites (tertiary alicyclic amines) is 2. The molecule has 1 atom stereocenters. The number of nitrogens with two attached hydrogens (primary N) is 2. The molecule has 222 valence electrons. The Hall–Kier alpha value is -3.39. The molecule has 2 saturated heterocycles. The molecule has 2 aliphatic heterocycles. The smallest absolute Gasteiger partial charge is 0.319 e. The van der Waals surface area contributed by atoms with Gasteiger partial charge in [0.15, 0.2) is 10.9 Å². The topological polar surface area (TPSA) is 127 Å². The van der Waals surface area contributed by atoms with Gasteiger partial charge in [-0.2, -0.15) is 9.97 Å². The van der Waals surface area contributed by atoms with Crippen molar-refractivity contribution in [1.29, 1.82) is 0 Å². The molecule has 0 radical (unpaired) electrons. The minimum atomic E-state index is -0.701. The van der Waals surface area contributed by atoms with Crippen LogP contribution in [-0.4, -0.2) is 89.1 Å². The summed E-state index contributed by atoms with van der Waals surface area (Å²) in [7, 11) is 2.04. The standard InChI is InChI=1S/C28H31ClF2N8O2S/c1-3-39(15-11-38(12-15)20(40)10-32)26-17-9-18(29)21(16-6-7-19(30)25-24(16)34-27(33)42-25)22(31)23(17)35-28(36-26)41-13-14-5-4-8-37(14)2/h6-7,9,14-15H,3-5,8,10-13,32H2,1-2H3,(H2,33,34). The van der Waals surface area contributed by atoms with E-state index >= 15 is 4.39 Å². The number of hydrogen-bond donors (Lipinski definition) is 2. The van der Waals surface area contributed by atoms with Crippen molar-refractivity contribution in [2.45, 2.75) is 31.8 Å². The fourth-order valence-corrected chi connectivity index (χ4v) is 6.87. The second-order valence-electron chi connectivity index (χ2n) is 10.6. The molecule has 0 aliphatic carbocycles. The first-order valence-corrected chi connectivity index (χ1v) is 15.0. The fraction of sp³-hybridized carbons (Fsp3) is 0.429. The van der Waals surface area contributed by atoms with Crippen molar-refractivity contribution in [1.82, 2.24) is 24.8 Å². The summed E-state index contributed by atoms with van der Waals surface area (Å²) < 4.78 is 37.5. The average Bonchev–Trinajstić information content (AvgIpc) is 3.55. The molecule has 1 unspecified atom stereocenters. The largest absolute Gasteiger partial charge is 0.462 e. The van der Waals surface area contributed by atoms with Crippen molar-refractivity contribution < 1.29 is 18.3 Å². The number of anilines is 2. The maximum absolute atomic E-state index is 16.6. The minimum Gasteiger partial charge on any atom is -0.462 e. The summed E-state index contributed by atoms with van der Waals surface area (Å²) in [6.45, 7) is 4.69. The highest BCUT2D eigenvalue weighted by molar-refractivity contribution is 7.22. The van der Waals surface area contributed by atoms with Crippen LogP contribution in [0.1, 0.15) is 19.8 Å². The van der Waals surface area contributed by atoms with E-state index in [0.29, 0.717) is 43.0 Å². The van der Waals surface area contributed by atoms with Crippen LogP contribution in [0.25, 0.3) is 32.2 Å². The molecule has 4 heterocycles. The fourth-order valence-electron chi connectivity index (χ4n) is 5.81. The summed E-state index contributed by atoms with van der Waals surface area (Å²) in [6.07, 6.45) is 2.05. The monoisotopic (exact) mass is 616 g/mol. The van der Waals surface area contributed by atoms with E-state index in [9.17, 15) is 9.18 Å². The van der Waals surface area contributed by atoms with Gasteiger partial charge in [0, 0.05) is 42.2 Å². The number of likely N-dealkylation sites (N-methyl/N-ethyl adjacent to an activating group) is 2. The first-order chi connectivity index (χ1) is 20.2. The zero-order valence-corrected chi connectivity index (χ0v) is 24.8. The van der Waals surface area contributed by atoms with E-state index in [1.54, 1.807) is 11.0 Å². The number of halogens is 3. The maximum Gasteiger partial charge on any atom is 0.319 e. The maximum atomic E-state index is 16.6. The van der Waals surface area contributed by atoms with Gasteiger partial charge in [-0.05, 0) is 51.6 Å². The number of thiazole rings is 1. The van der Waals surface area contributed by atoms with Gasteiger partial charge < -0.3 is 30.9 Å². The zero-order valence-electron chi connectivity index (χ0n) is 23.2. The highest BCUT2D eigenvalue weighted by Gasteiger charge is 2.36. The van der Waals surface area contributed by atoms with Crippen LogP contribution in [-0.2, 0) is 4.79 Å². The van der Waals surface area contributed by atoms with Gasteiger partial charge in [0.2, 0.25) is 5.91 Å². The number of rotatable bonds is 8. The number of aromatic nitrogens is 3. The van der Waals surface area contributed by atoms with Crippen LogP contribution in [0.3, 0.4) is 0 Å². The first-order valence-electron chi connectivity index (χ1n) is 13.8. The van der Waals surface area contributed by atoms with Crippen molar-refractivity contribution in [2.24, 2.45) is 5.73 Å². The molecular weight excluding hydrogens is 586 g/mol. The first kappa shape index (κ1) is 28.7. The molecule has 2 aromatic heterocycles. The highest BCUT2D eigenvalue weighted by atomic mass is 35.5. The van der Waals surface area contributed by atoms with Gasteiger partial charge in [-0.1, -0.05) is 22.9 Å². The minimum absolute atomic E-state index is 0.0162. The molecule has 4 N–H and O–H groups in total. The van der Waals surface area contributed by atoms with Gasteiger partial charge in [-0.25, -0.2) is 13.8 Å². The molecule has 0 saturated carbocycles. The van der Waals surface area contributed by atoms with Crippen molar-refractivity contribution >= 4 is 60.9 Å². The lowest BCUT2D eigenvalue weighted by Gasteiger charge is -2.45. The van der Waals surface area contributed by atoms with E-state index in [2.05, 4.69) is 14.9 Å². The van der Waals surface area contributed by atoms with Crippen molar-refractivity contribution in [3.8, 4) is 17.1 Å². The van der Waals surface area contributed by atoms with Crippen molar-refractivity contribution in [3.05, 3.63) is 34.9 Å². The summed E-state index contributed by atoms with van der Waals surface area (Å²) in [6, 6.07) is 4.49. The number of ether oxygens (including phenoxy) is 1. The van der Waals surface area contributed by atoms with E-state index in [0.717, 1.165) is 30.7 Å². The van der Waals surface area contributed by atoms with Crippen LogP contribution in [0.5, 0.6) is 6.01 Å². The lowest BCUT2D eigenvalue weighted by molar-refractivity contribution is -0.133. The lowest BCUT2D eigenvalue weighted by atomic mass is 10.0. The van der Waals surface area contributed by atoms with Gasteiger partial charge in [0.1, 0.15) is 23.8 Å². The number of benzene rings is 2. The Morgan fingerprint density at radius 2 is 2.02 bits per heavy atom. The van der Waals surface area contributed by atoms with Crippen LogP contribution >= 0.6 is 22.9 Å². The third kappa shape index (κ3) is 4.97. The Bertz CT molecular complexity index is 1680. The molecule has 0 spiro atoms. The molecule has 2 aliphatic rings. The Labute approximate surface area is 250 Å². The molecular formula is C28H31ClF2N8O2S. The number of amides is 1. The summed E-state index contributed by atoms with van der Waals surface area (Å²) in [5.74, 6) is -0.880. The van der Waals surface area contributed by atoms with E-state index in [4.69, 9.17) is 32.8 Å². The number of carbonyl (C=O) groups excluding carboxylic acids is 1. The zero-order chi connectivity index (χ0) is 29.7. The molecule has 4 aromatic rings. The van der Waals surface area contributed by atoms with Crippen LogP contribution in [0.2, 0.25) is 5.02 Å². The third-order valence-electron chi connectivity index (χ3n) is 8.14. The average molecular weight is 617 g/mol. The normalized spacial score (nSPS) is 17.8. The molecule has 2 aromatic carbocycles. The van der Waals surface area contributed by atoms with Crippen LogP contribution in [0.4, 0.5) is 19.7 Å².